The molecule has 1 aliphatic rings. The Labute approximate surface area is 129 Å². The molecule has 5 heteroatoms. The Balaban J connectivity index is 1.47. The molecule has 116 valence electrons. The van der Waals surface area contributed by atoms with Crippen molar-refractivity contribution in [2.24, 2.45) is 5.92 Å². The molecule has 1 aromatic heterocycles. The van der Waals surface area contributed by atoms with Gasteiger partial charge in [0.1, 0.15) is 12.4 Å². The van der Waals surface area contributed by atoms with Crippen LogP contribution in [0.2, 0.25) is 0 Å². The number of nitrogens with zero attached hydrogens (tertiary/aromatic N) is 3. The second kappa shape index (κ2) is 6.73. The standard InChI is InChI=1S/C17H20FN3O/c18-16-4-2-14(3-5-16)12-15-6-10-20(11-7-15)17(22)13-21-9-1-8-19-21/h1-5,8-9,15H,6-7,10-13H2. The zero-order valence-electron chi connectivity index (χ0n) is 12.5. The number of benzene rings is 1. The molecule has 22 heavy (non-hydrogen) atoms. The van der Waals surface area contributed by atoms with Crippen molar-refractivity contribution in [3.05, 3.63) is 54.1 Å². The smallest absolute Gasteiger partial charge is 0.244 e. The van der Waals surface area contributed by atoms with Crippen molar-refractivity contribution in [3.8, 4) is 0 Å². The summed E-state index contributed by atoms with van der Waals surface area (Å²) in [6, 6.07) is 8.55. The lowest BCUT2D eigenvalue weighted by atomic mass is 9.90. The van der Waals surface area contributed by atoms with E-state index in [4.69, 9.17) is 0 Å². The summed E-state index contributed by atoms with van der Waals surface area (Å²) in [6.45, 7) is 1.91. The number of halogens is 1. The van der Waals surface area contributed by atoms with Gasteiger partial charge in [-0.15, -0.1) is 0 Å². The Kier molecular flexibility index (Phi) is 4.51. The van der Waals surface area contributed by atoms with Crippen LogP contribution in [-0.4, -0.2) is 33.7 Å². The average Bonchev–Trinajstić information content (AvgIpc) is 3.03. The summed E-state index contributed by atoms with van der Waals surface area (Å²) in [5.74, 6) is 0.505. The lowest BCUT2D eigenvalue weighted by molar-refractivity contribution is -0.133. The maximum atomic E-state index is 12.9. The summed E-state index contributed by atoms with van der Waals surface area (Å²) in [5, 5.41) is 4.07. The van der Waals surface area contributed by atoms with Gasteiger partial charge in [-0.3, -0.25) is 9.48 Å². The minimum Gasteiger partial charge on any atom is -0.341 e. The summed E-state index contributed by atoms with van der Waals surface area (Å²) in [6.07, 6.45) is 6.45. The van der Waals surface area contributed by atoms with Crippen LogP contribution < -0.4 is 0 Å². The number of carbonyl (C=O) groups is 1. The first kappa shape index (κ1) is 14.8. The number of aromatic nitrogens is 2. The third-order valence-electron chi connectivity index (χ3n) is 4.26. The Hall–Kier alpha value is -2.17. The first-order chi connectivity index (χ1) is 10.7. The van der Waals surface area contributed by atoms with Crippen molar-refractivity contribution in [2.45, 2.75) is 25.8 Å². The van der Waals surface area contributed by atoms with Crippen LogP contribution in [0.1, 0.15) is 18.4 Å². The zero-order chi connectivity index (χ0) is 15.4. The molecule has 1 saturated heterocycles. The average molecular weight is 301 g/mol. The fourth-order valence-corrected chi connectivity index (χ4v) is 2.97. The van der Waals surface area contributed by atoms with E-state index in [1.54, 1.807) is 17.1 Å². The van der Waals surface area contributed by atoms with E-state index in [-0.39, 0.29) is 11.7 Å². The lowest BCUT2D eigenvalue weighted by Crippen LogP contribution is -2.40. The number of hydrogen-bond donors (Lipinski definition) is 0. The van der Waals surface area contributed by atoms with Crippen molar-refractivity contribution in [1.29, 1.82) is 0 Å². The van der Waals surface area contributed by atoms with Crippen LogP contribution in [0, 0.1) is 11.7 Å². The van der Waals surface area contributed by atoms with Crippen molar-refractivity contribution in [3.63, 3.8) is 0 Å². The highest BCUT2D eigenvalue weighted by Crippen LogP contribution is 2.22. The lowest BCUT2D eigenvalue weighted by Gasteiger charge is -2.32. The van der Waals surface area contributed by atoms with Gasteiger partial charge in [0.25, 0.3) is 0 Å². The van der Waals surface area contributed by atoms with Gasteiger partial charge in [0.05, 0.1) is 0 Å². The zero-order valence-corrected chi connectivity index (χ0v) is 12.5. The van der Waals surface area contributed by atoms with Gasteiger partial charge in [-0.1, -0.05) is 12.1 Å². The SMILES string of the molecule is O=C(Cn1cccn1)N1CCC(Cc2ccc(F)cc2)CC1. The molecule has 1 aliphatic heterocycles. The third-order valence-corrected chi connectivity index (χ3v) is 4.26. The summed E-state index contributed by atoms with van der Waals surface area (Å²) < 4.78 is 14.6. The molecule has 2 heterocycles. The molecule has 0 bridgehead atoms. The topological polar surface area (TPSA) is 38.1 Å². The van der Waals surface area contributed by atoms with Crippen LogP contribution in [0.4, 0.5) is 4.39 Å². The molecule has 0 spiro atoms. The molecule has 0 aliphatic carbocycles. The van der Waals surface area contributed by atoms with Crippen LogP contribution in [0.25, 0.3) is 0 Å². The van der Waals surface area contributed by atoms with E-state index >= 15 is 0 Å². The Morgan fingerprint density at radius 3 is 2.59 bits per heavy atom. The Morgan fingerprint density at radius 2 is 1.95 bits per heavy atom. The quantitative estimate of drug-likeness (QED) is 0.870. The van der Waals surface area contributed by atoms with Crippen molar-refractivity contribution in [2.75, 3.05) is 13.1 Å². The largest absolute Gasteiger partial charge is 0.341 e. The number of likely N-dealkylation sites (tertiary alicyclic amines) is 1. The van der Waals surface area contributed by atoms with Crippen molar-refractivity contribution < 1.29 is 9.18 Å². The Morgan fingerprint density at radius 1 is 1.23 bits per heavy atom. The maximum Gasteiger partial charge on any atom is 0.244 e. The maximum absolute atomic E-state index is 12.9. The number of carbonyl (C=O) groups excluding carboxylic acids is 1. The molecule has 1 aromatic carbocycles. The van der Waals surface area contributed by atoms with E-state index < -0.39 is 0 Å². The summed E-state index contributed by atoms with van der Waals surface area (Å²) in [7, 11) is 0. The van der Waals surface area contributed by atoms with Crippen LogP contribution in [0.5, 0.6) is 0 Å². The predicted molar refractivity (Wildman–Crippen MR) is 81.6 cm³/mol. The highest BCUT2D eigenvalue weighted by atomic mass is 19.1. The van der Waals surface area contributed by atoms with Gasteiger partial charge in [0.15, 0.2) is 0 Å². The fourth-order valence-electron chi connectivity index (χ4n) is 2.97. The van der Waals surface area contributed by atoms with Crippen LogP contribution in [0.15, 0.2) is 42.7 Å². The number of amides is 1. The van der Waals surface area contributed by atoms with Crippen LogP contribution in [0.3, 0.4) is 0 Å². The van der Waals surface area contributed by atoms with Crippen molar-refractivity contribution >= 4 is 5.91 Å². The van der Waals surface area contributed by atoms with Crippen molar-refractivity contribution in [1.82, 2.24) is 14.7 Å². The molecular formula is C17H20FN3O. The molecular weight excluding hydrogens is 281 g/mol. The molecule has 0 saturated carbocycles. The minimum atomic E-state index is -0.192. The van der Waals surface area contributed by atoms with Gasteiger partial charge in [-0.25, -0.2) is 4.39 Å². The summed E-state index contributed by atoms with van der Waals surface area (Å²) in [4.78, 5) is 14.1. The molecule has 1 fully saturated rings. The second-order valence-corrected chi connectivity index (χ2v) is 5.86. The van der Waals surface area contributed by atoms with Gasteiger partial charge in [-0.2, -0.15) is 5.10 Å². The van der Waals surface area contributed by atoms with E-state index in [1.807, 2.05) is 23.1 Å². The van der Waals surface area contributed by atoms with E-state index in [0.717, 1.165) is 32.4 Å². The first-order valence-corrected chi connectivity index (χ1v) is 7.70. The molecule has 1 amide bonds. The fraction of sp³-hybridized carbons (Fsp3) is 0.412. The second-order valence-electron chi connectivity index (χ2n) is 5.86. The normalized spacial score (nSPS) is 16.0. The molecule has 3 rings (SSSR count). The van der Waals surface area contributed by atoms with Gasteiger partial charge in [0.2, 0.25) is 5.91 Å². The molecule has 2 aromatic rings. The van der Waals surface area contributed by atoms with E-state index in [9.17, 15) is 9.18 Å². The number of piperidine rings is 1. The first-order valence-electron chi connectivity index (χ1n) is 7.70. The van der Waals surface area contributed by atoms with E-state index in [0.29, 0.717) is 12.5 Å². The molecule has 4 nitrogen and oxygen atoms in total. The van der Waals surface area contributed by atoms with Crippen LogP contribution in [-0.2, 0) is 17.8 Å². The molecule has 0 unspecified atom stereocenters. The van der Waals surface area contributed by atoms with Crippen LogP contribution >= 0.6 is 0 Å². The van der Waals surface area contributed by atoms with E-state index in [2.05, 4.69) is 5.10 Å². The van der Waals surface area contributed by atoms with Gasteiger partial charge < -0.3 is 4.90 Å². The molecule has 0 radical (unpaired) electrons. The van der Waals surface area contributed by atoms with Gasteiger partial charge in [-0.05, 0) is 48.9 Å². The highest BCUT2D eigenvalue weighted by molar-refractivity contribution is 5.75. The summed E-state index contributed by atoms with van der Waals surface area (Å²) in [5.41, 5.74) is 1.17. The van der Waals surface area contributed by atoms with Gasteiger partial charge >= 0.3 is 0 Å². The third kappa shape index (κ3) is 3.72. The Bertz CT molecular complexity index is 601. The number of rotatable bonds is 4. The highest BCUT2D eigenvalue weighted by Gasteiger charge is 2.23. The monoisotopic (exact) mass is 301 g/mol. The predicted octanol–water partition coefficient (Wildman–Crippen LogP) is 2.50. The molecule has 0 N–H and O–H groups in total. The minimum absolute atomic E-state index is 0.129. The van der Waals surface area contributed by atoms with E-state index in [1.165, 1.54) is 17.7 Å². The summed E-state index contributed by atoms with van der Waals surface area (Å²) >= 11 is 0. The molecule has 0 atom stereocenters. The van der Waals surface area contributed by atoms with Gasteiger partial charge in [0, 0.05) is 25.5 Å². The number of hydrogen-bond acceptors (Lipinski definition) is 2.